The topological polar surface area (TPSA) is 46.4 Å². The molecule has 1 amide bonds. The minimum atomic E-state index is -0.599. The Bertz CT molecular complexity index is 987. The maximum Gasteiger partial charge on any atom is 0.226 e. The van der Waals surface area contributed by atoms with Crippen molar-refractivity contribution in [3.8, 4) is 11.3 Å². The fourth-order valence-corrected chi connectivity index (χ4v) is 2.79. The fraction of sp³-hybridized carbons (Fsp3) is 0.300. The lowest BCUT2D eigenvalue weighted by Gasteiger charge is -2.17. The molecule has 4 nitrogen and oxygen atoms in total. The van der Waals surface area contributed by atoms with Crippen LogP contribution in [0.3, 0.4) is 0 Å². The molecule has 0 aliphatic carbocycles. The van der Waals surface area contributed by atoms with E-state index < -0.39 is 11.6 Å². The molecule has 0 unspecified atom stereocenters. The minimum absolute atomic E-state index is 0.0115. The summed E-state index contributed by atoms with van der Waals surface area (Å²) in [4.78, 5) is 16.9. The van der Waals surface area contributed by atoms with Gasteiger partial charge < -0.3 is 5.32 Å². The molecule has 0 radical (unpaired) electrons. The zero-order valence-corrected chi connectivity index (χ0v) is 15.2. The van der Waals surface area contributed by atoms with Gasteiger partial charge in [0.15, 0.2) is 0 Å². The molecule has 0 aliphatic rings. The number of anilines is 1. The molecule has 26 heavy (non-hydrogen) atoms. The van der Waals surface area contributed by atoms with Gasteiger partial charge in [0.25, 0.3) is 0 Å². The van der Waals surface area contributed by atoms with Crippen LogP contribution in [-0.4, -0.2) is 15.3 Å². The monoisotopic (exact) mass is 357 g/mol. The van der Waals surface area contributed by atoms with Crippen molar-refractivity contribution in [3.63, 3.8) is 0 Å². The maximum absolute atomic E-state index is 14.3. The number of carbonyl (C=O) groups excluding carboxylic acids is 1. The van der Waals surface area contributed by atoms with E-state index in [0.717, 1.165) is 23.8 Å². The second kappa shape index (κ2) is 6.52. The molecule has 0 spiro atoms. The zero-order valence-electron chi connectivity index (χ0n) is 15.2. The lowest BCUT2D eigenvalue weighted by atomic mass is 9.92. The molecule has 2 aromatic heterocycles. The van der Waals surface area contributed by atoms with Crippen LogP contribution in [-0.2, 0) is 4.79 Å². The van der Waals surface area contributed by atoms with Gasteiger partial charge in [-0.25, -0.2) is 13.8 Å². The third-order valence-electron chi connectivity index (χ3n) is 3.91. The molecular weight excluding hydrogens is 336 g/mol. The smallest absolute Gasteiger partial charge is 0.226 e. The molecular formula is C20H21F2N3O. The Morgan fingerprint density at radius 3 is 2.62 bits per heavy atom. The molecule has 0 fully saturated rings. The van der Waals surface area contributed by atoms with Gasteiger partial charge in [0.2, 0.25) is 5.91 Å². The second-order valence-corrected chi connectivity index (χ2v) is 7.65. The summed E-state index contributed by atoms with van der Waals surface area (Å²) >= 11 is 0. The lowest BCUT2D eigenvalue weighted by Crippen LogP contribution is -2.20. The summed E-state index contributed by atoms with van der Waals surface area (Å²) in [6, 6.07) is 6.88. The van der Waals surface area contributed by atoms with E-state index >= 15 is 0 Å². The molecule has 2 heterocycles. The number of halogens is 2. The summed E-state index contributed by atoms with van der Waals surface area (Å²) in [5.41, 5.74) is 1.54. The van der Waals surface area contributed by atoms with Crippen LogP contribution in [0.2, 0.25) is 0 Å². The number of nitrogens with one attached hydrogen (secondary N) is 1. The number of aryl methyl sites for hydroxylation is 1. The Morgan fingerprint density at radius 1 is 1.19 bits per heavy atom. The van der Waals surface area contributed by atoms with E-state index in [4.69, 9.17) is 0 Å². The fourth-order valence-electron chi connectivity index (χ4n) is 2.79. The number of amides is 1. The zero-order chi connectivity index (χ0) is 19.1. The largest absolute Gasteiger partial charge is 0.310 e. The number of benzene rings is 1. The number of rotatable bonds is 3. The van der Waals surface area contributed by atoms with Crippen molar-refractivity contribution in [1.82, 2.24) is 9.38 Å². The van der Waals surface area contributed by atoms with Crippen molar-refractivity contribution in [2.75, 3.05) is 5.32 Å². The highest BCUT2D eigenvalue weighted by Gasteiger charge is 2.22. The van der Waals surface area contributed by atoms with Crippen LogP contribution in [0.4, 0.5) is 14.6 Å². The Labute approximate surface area is 150 Å². The summed E-state index contributed by atoms with van der Waals surface area (Å²) in [5, 5.41) is 2.83. The van der Waals surface area contributed by atoms with Gasteiger partial charge in [-0.1, -0.05) is 20.8 Å². The number of fused-ring (bicyclic) bond motifs is 1. The SMILES string of the molecule is Cc1ccn2c(NC(=O)CC(C)(C)C)c(-c3cc(F)ccc3F)nc2c1. The average molecular weight is 357 g/mol. The van der Waals surface area contributed by atoms with Gasteiger partial charge in [0.05, 0.1) is 0 Å². The highest BCUT2D eigenvalue weighted by atomic mass is 19.1. The van der Waals surface area contributed by atoms with E-state index in [0.29, 0.717) is 11.5 Å². The number of hydrogen-bond donors (Lipinski definition) is 1. The Balaban J connectivity index is 2.16. The molecule has 0 aliphatic heterocycles. The van der Waals surface area contributed by atoms with Gasteiger partial charge in [-0.3, -0.25) is 9.20 Å². The van der Waals surface area contributed by atoms with Gasteiger partial charge in [-0.2, -0.15) is 0 Å². The van der Waals surface area contributed by atoms with Gasteiger partial charge in [0, 0.05) is 18.2 Å². The first kappa shape index (κ1) is 18.0. The molecule has 0 bridgehead atoms. The van der Waals surface area contributed by atoms with Crippen LogP contribution >= 0.6 is 0 Å². The first-order valence-electron chi connectivity index (χ1n) is 8.38. The Kier molecular flexibility index (Phi) is 4.52. The van der Waals surface area contributed by atoms with Crippen molar-refractivity contribution < 1.29 is 13.6 Å². The summed E-state index contributed by atoms with van der Waals surface area (Å²) in [6.07, 6.45) is 2.04. The third kappa shape index (κ3) is 3.74. The van der Waals surface area contributed by atoms with E-state index in [1.54, 1.807) is 10.6 Å². The molecule has 136 valence electrons. The van der Waals surface area contributed by atoms with E-state index in [1.807, 2.05) is 39.8 Å². The number of carbonyl (C=O) groups is 1. The molecule has 1 aromatic carbocycles. The Hall–Kier alpha value is -2.76. The standard InChI is InChI=1S/C20H21F2N3O/c1-12-7-8-25-16(9-12)23-18(14-10-13(21)5-6-15(14)22)19(25)24-17(26)11-20(2,3)4/h5-10H,11H2,1-4H3,(H,24,26). The number of imidazole rings is 1. The minimum Gasteiger partial charge on any atom is -0.310 e. The number of aromatic nitrogens is 2. The maximum atomic E-state index is 14.3. The summed E-state index contributed by atoms with van der Waals surface area (Å²) in [6.45, 7) is 7.78. The van der Waals surface area contributed by atoms with Crippen molar-refractivity contribution >= 4 is 17.4 Å². The van der Waals surface area contributed by atoms with Gasteiger partial charge in [-0.05, 0) is 48.2 Å². The molecule has 6 heteroatoms. The van der Waals surface area contributed by atoms with Crippen LogP contribution in [0, 0.1) is 24.0 Å². The molecule has 0 saturated heterocycles. The van der Waals surface area contributed by atoms with Crippen LogP contribution < -0.4 is 5.32 Å². The first-order valence-corrected chi connectivity index (χ1v) is 8.38. The van der Waals surface area contributed by atoms with E-state index in [1.165, 1.54) is 0 Å². The highest BCUT2D eigenvalue weighted by Crippen LogP contribution is 2.32. The van der Waals surface area contributed by atoms with Crippen LogP contribution in [0.5, 0.6) is 0 Å². The van der Waals surface area contributed by atoms with Crippen molar-refractivity contribution in [1.29, 1.82) is 0 Å². The number of pyridine rings is 1. The molecule has 0 saturated carbocycles. The van der Waals surface area contributed by atoms with E-state index in [2.05, 4.69) is 10.3 Å². The van der Waals surface area contributed by atoms with E-state index in [-0.39, 0.29) is 29.0 Å². The van der Waals surface area contributed by atoms with Gasteiger partial charge >= 0.3 is 0 Å². The Morgan fingerprint density at radius 2 is 1.92 bits per heavy atom. The normalized spacial score (nSPS) is 11.8. The van der Waals surface area contributed by atoms with E-state index in [9.17, 15) is 13.6 Å². The average Bonchev–Trinajstić information content (AvgIpc) is 2.85. The van der Waals surface area contributed by atoms with Crippen LogP contribution in [0.15, 0.2) is 36.5 Å². The highest BCUT2D eigenvalue weighted by molar-refractivity contribution is 5.95. The summed E-state index contributed by atoms with van der Waals surface area (Å²) in [7, 11) is 0. The van der Waals surface area contributed by atoms with Crippen molar-refractivity contribution in [2.24, 2.45) is 5.41 Å². The summed E-state index contributed by atoms with van der Waals surface area (Å²) in [5.74, 6) is -1.05. The lowest BCUT2D eigenvalue weighted by molar-refractivity contribution is -0.117. The van der Waals surface area contributed by atoms with Crippen molar-refractivity contribution in [3.05, 3.63) is 53.7 Å². The second-order valence-electron chi connectivity index (χ2n) is 7.65. The predicted molar refractivity (Wildman–Crippen MR) is 98.0 cm³/mol. The molecule has 0 atom stereocenters. The quantitative estimate of drug-likeness (QED) is 0.720. The molecule has 1 N–H and O–H groups in total. The number of hydrogen-bond acceptors (Lipinski definition) is 2. The van der Waals surface area contributed by atoms with Crippen molar-refractivity contribution in [2.45, 2.75) is 34.1 Å². The van der Waals surface area contributed by atoms with Gasteiger partial charge in [-0.15, -0.1) is 0 Å². The number of nitrogens with zero attached hydrogens (tertiary/aromatic N) is 2. The summed E-state index contributed by atoms with van der Waals surface area (Å²) < 4.78 is 29.7. The molecule has 3 rings (SSSR count). The molecule has 3 aromatic rings. The predicted octanol–water partition coefficient (Wildman–Crippen LogP) is 4.96. The van der Waals surface area contributed by atoms with Gasteiger partial charge in [0.1, 0.15) is 28.8 Å². The van der Waals surface area contributed by atoms with Crippen LogP contribution in [0.25, 0.3) is 16.9 Å². The third-order valence-corrected chi connectivity index (χ3v) is 3.91. The van der Waals surface area contributed by atoms with Crippen LogP contribution in [0.1, 0.15) is 32.8 Å². The first-order chi connectivity index (χ1) is 12.1.